The summed E-state index contributed by atoms with van der Waals surface area (Å²) in [5, 5.41) is 0. The number of hydrogen-bond acceptors (Lipinski definition) is 1. The molecular weight excluding hydrogens is 164 g/mol. The molecule has 0 aliphatic carbocycles. The standard InChI is InChI=1S/C7H17ClOSi/c1-5-7(8,10)9-6(2,3)4/h5H2,1-4,10H3. The van der Waals surface area contributed by atoms with E-state index in [9.17, 15) is 0 Å². The van der Waals surface area contributed by atoms with E-state index < -0.39 is 0 Å². The van der Waals surface area contributed by atoms with Crippen molar-refractivity contribution in [3.8, 4) is 0 Å². The van der Waals surface area contributed by atoms with E-state index in [1.807, 2.05) is 27.7 Å². The Morgan fingerprint density at radius 2 is 1.80 bits per heavy atom. The van der Waals surface area contributed by atoms with Crippen LogP contribution in [0.4, 0.5) is 0 Å². The molecule has 0 amide bonds. The van der Waals surface area contributed by atoms with Gasteiger partial charge in [-0.25, -0.2) is 0 Å². The van der Waals surface area contributed by atoms with Crippen LogP contribution >= 0.6 is 11.6 Å². The highest BCUT2D eigenvalue weighted by molar-refractivity contribution is 6.43. The van der Waals surface area contributed by atoms with E-state index >= 15 is 0 Å². The lowest BCUT2D eigenvalue weighted by atomic mass is 10.2. The molecule has 1 nitrogen and oxygen atoms in total. The van der Waals surface area contributed by atoms with Gasteiger partial charge in [-0.2, -0.15) is 0 Å². The summed E-state index contributed by atoms with van der Waals surface area (Å²) >= 11 is 6.04. The van der Waals surface area contributed by atoms with E-state index in [1.165, 1.54) is 0 Å². The lowest BCUT2D eigenvalue weighted by Gasteiger charge is -2.30. The fourth-order valence-electron chi connectivity index (χ4n) is 0.711. The van der Waals surface area contributed by atoms with Crippen LogP contribution in [-0.4, -0.2) is 20.5 Å². The average Bonchev–Trinajstić information content (AvgIpc) is 1.60. The zero-order chi connectivity index (χ0) is 8.41. The summed E-state index contributed by atoms with van der Waals surface area (Å²) in [6, 6.07) is 0. The molecule has 0 aromatic carbocycles. The zero-order valence-electron chi connectivity index (χ0n) is 7.49. The highest BCUT2D eigenvalue weighted by atomic mass is 35.5. The molecule has 1 atom stereocenters. The first-order valence-corrected chi connectivity index (χ1v) is 5.04. The van der Waals surface area contributed by atoms with Gasteiger partial charge in [0, 0.05) is 0 Å². The molecule has 3 heteroatoms. The van der Waals surface area contributed by atoms with Crippen LogP contribution in [0.2, 0.25) is 0 Å². The smallest absolute Gasteiger partial charge is 0.118 e. The predicted molar refractivity (Wildman–Crippen MR) is 49.7 cm³/mol. The molecule has 0 bridgehead atoms. The van der Waals surface area contributed by atoms with Crippen LogP contribution in [0.3, 0.4) is 0 Å². The molecular formula is C7H17ClOSi. The zero-order valence-corrected chi connectivity index (χ0v) is 10.2. The van der Waals surface area contributed by atoms with Crippen molar-refractivity contribution in [1.29, 1.82) is 0 Å². The normalized spacial score (nSPS) is 18.9. The molecule has 0 N–H and O–H groups in total. The molecule has 0 aliphatic rings. The summed E-state index contributed by atoms with van der Waals surface area (Å²) < 4.78 is 5.24. The number of hydrogen-bond donors (Lipinski definition) is 0. The van der Waals surface area contributed by atoms with Crippen molar-refractivity contribution in [3.05, 3.63) is 0 Å². The summed E-state index contributed by atoms with van der Waals surface area (Å²) in [6.45, 7) is 8.12. The maximum absolute atomic E-state index is 6.04. The van der Waals surface area contributed by atoms with Crippen molar-refractivity contribution >= 4 is 21.8 Å². The molecule has 1 unspecified atom stereocenters. The number of rotatable bonds is 2. The van der Waals surface area contributed by atoms with Gasteiger partial charge in [0.2, 0.25) is 0 Å². The van der Waals surface area contributed by atoms with E-state index in [2.05, 4.69) is 0 Å². The Hall–Kier alpha value is 0.467. The van der Waals surface area contributed by atoms with Crippen molar-refractivity contribution in [2.24, 2.45) is 0 Å². The number of halogens is 1. The highest BCUT2D eigenvalue weighted by Crippen LogP contribution is 2.23. The lowest BCUT2D eigenvalue weighted by Crippen LogP contribution is -2.35. The Labute approximate surface area is 71.5 Å². The van der Waals surface area contributed by atoms with E-state index in [-0.39, 0.29) is 10.3 Å². The van der Waals surface area contributed by atoms with Gasteiger partial charge in [-0.05, 0) is 27.2 Å². The Morgan fingerprint density at radius 1 is 1.40 bits per heavy atom. The Balaban J connectivity index is 3.89. The van der Waals surface area contributed by atoms with E-state index in [0.717, 1.165) is 16.7 Å². The van der Waals surface area contributed by atoms with Gasteiger partial charge in [-0.15, -0.1) is 0 Å². The molecule has 62 valence electrons. The number of ether oxygens (including phenoxy) is 1. The van der Waals surface area contributed by atoms with Gasteiger partial charge in [0.1, 0.15) is 4.68 Å². The molecule has 0 spiro atoms. The maximum Gasteiger partial charge on any atom is 0.118 e. The first kappa shape index (κ1) is 10.5. The summed E-state index contributed by atoms with van der Waals surface area (Å²) in [4.78, 5) is 0. The molecule has 0 aliphatic heterocycles. The molecule has 0 aromatic rings. The van der Waals surface area contributed by atoms with Gasteiger partial charge in [0.05, 0.1) is 15.8 Å². The molecule has 0 heterocycles. The van der Waals surface area contributed by atoms with Crippen LogP contribution < -0.4 is 0 Å². The molecule has 0 rings (SSSR count). The van der Waals surface area contributed by atoms with Gasteiger partial charge in [-0.1, -0.05) is 18.5 Å². The van der Waals surface area contributed by atoms with Crippen LogP contribution in [-0.2, 0) is 4.74 Å². The Bertz CT molecular complexity index is 107. The molecule has 0 radical (unpaired) electrons. The second-order valence-electron chi connectivity index (χ2n) is 3.67. The quantitative estimate of drug-likeness (QED) is 0.462. The van der Waals surface area contributed by atoms with Crippen LogP contribution in [0.25, 0.3) is 0 Å². The van der Waals surface area contributed by atoms with Crippen molar-refractivity contribution < 1.29 is 4.74 Å². The molecule has 0 fully saturated rings. The van der Waals surface area contributed by atoms with Crippen LogP contribution in [0, 0.1) is 0 Å². The largest absolute Gasteiger partial charge is 0.359 e. The minimum Gasteiger partial charge on any atom is -0.359 e. The van der Waals surface area contributed by atoms with Crippen LogP contribution in [0.15, 0.2) is 0 Å². The van der Waals surface area contributed by atoms with Crippen LogP contribution in [0.5, 0.6) is 0 Å². The van der Waals surface area contributed by atoms with Gasteiger partial charge >= 0.3 is 0 Å². The van der Waals surface area contributed by atoms with Crippen molar-refractivity contribution in [2.75, 3.05) is 0 Å². The Kier molecular flexibility index (Phi) is 3.39. The molecule has 10 heavy (non-hydrogen) atoms. The SMILES string of the molecule is CCC([SiH3])(Cl)OC(C)(C)C. The summed E-state index contributed by atoms with van der Waals surface area (Å²) in [7, 11) is 0.873. The van der Waals surface area contributed by atoms with E-state index in [1.54, 1.807) is 0 Å². The van der Waals surface area contributed by atoms with Crippen molar-refractivity contribution in [2.45, 2.75) is 44.4 Å². The fraction of sp³-hybridized carbons (Fsp3) is 1.00. The lowest BCUT2D eigenvalue weighted by molar-refractivity contribution is -0.0453. The third kappa shape index (κ3) is 5.27. The molecule has 0 saturated heterocycles. The Morgan fingerprint density at radius 3 is 1.90 bits per heavy atom. The monoisotopic (exact) mass is 180 g/mol. The third-order valence-corrected chi connectivity index (χ3v) is 2.41. The third-order valence-electron chi connectivity index (χ3n) is 1.15. The summed E-state index contributed by atoms with van der Waals surface area (Å²) in [5.74, 6) is 0. The predicted octanol–water partition coefficient (Wildman–Crippen LogP) is 1.47. The van der Waals surface area contributed by atoms with Crippen LogP contribution in [0.1, 0.15) is 34.1 Å². The van der Waals surface area contributed by atoms with Gasteiger partial charge in [0.15, 0.2) is 0 Å². The first-order chi connectivity index (χ1) is 4.27. The average molecular weight is 181 g/mol. The van der Waals surface area contributed by atoms with Gasteiger partial charge in [-0.3, -0.25) is 0 Å². The summed E-state index contributed by atoms with van der Waals surface area (Å²) in [5.41, 5.74) is -0.112. The highest BCUT2D eigenvalue weighted by Gasteiger charge is 2.25. The van der Waals surface area contributed by atoms with Crippen molar-refractivity contribution in [1.82, 2.24) is 0 Å². The molecule has 0 saturated carbocycles. The minimum atomic E-state index is -0.363. The molecule has 0 aromatic heterocycles. The summed E-state index contributed by atoms with van der Waals surface area (Å²) in [6.07, 6.45) is 0.887. The van der Waals surface area contributed by atoms with Gasteiger partial charge in [0.25, 0.3) is 0 Å². The maximum atomic E-state index is 6.04. The topological polar surface area (TPSA) is 9.23 Å². The number of alkyl halides is 1. The minimum absolute atomic E-state index is 0.112. The van der Waals surface area contributed by atoms with E-state index in [4.69, 9.17) is 16.3 Å². The van der Waals surface area contributed by atoms with E-state index in [0.29, 0.717) is 0 Å². The second kappa shape index (κ2) is 3.24. The van der Waals surface area contributed by atoms with Crippen molar-refractivity contribution in [3.63, 3.8) is 0 Å². The second-order valence-corrected chi connectivity index (χ2v) is 6.72. The fourth-order valence-corrected chi connectivity index (χ4v) is 1.55. The van der Waals surface area contributed by atoms with Gasteiger partial charge < -0.3 is 4.74 Å². The first-order valence-electron chi connectivity index (χ1n) is 3.66.